The van der Waals surface area contributed by atoms with Gasteiger partial charge in [-0.05, 0) is 47.7 Å². The lowest BCUT2D eigenvalue weighted by molar-refractivity contribution is 0.687. The predicted octanol–water partition coefficient (Wildman–Crippen LogP) is 3.92. The van der Waals surface area contributed by atoms with Crippen molar-refractivity contribution in [2.24, 2.45) is 0 Å². The maximum Gasteiger partial charge on any atom is 0.0454 e. The summed E-state index contributed by atoms with van der Waals surface area (Å²) in [6, 6.07) is 19.3. The molecular weight excluding hydrogens is 268 g/mol. The molecule has 3 heteroatoms. The number of hydrogen-bond donors (Lipinski definition) is 2. The third kappa shape index (κ3) is 3.62. The SMILES string of the molecule is Cl.c1ccc(CCNCc2ccc3[nH]ccc3c2)cc1. The highest BCUT2D eigenvalue weighted by Crippen LogP contribution is 2.14. The summed E-state index contributed by atoms with van der Waals surface area (Å²) in [6.45, 7) is 1.93. The largest absolute Gasteiger partial charge is 0.361 e. The van der Waals surface area contributed by atoms with Gasteiger partial charge in [0.2, 0.25) is 0 Å². The fourth-order valence-electron chi connectivity index (χ4n) is 2.32. The van der Waals surface area contributed by atoms with Crippen LogP contribution in [0.25, 0.3) is 10.9 Å². The lowest BCUT2D eigenvalue weighted by Crippen LogP contribution is -2.16. The molecule has 3 aromatic rings. The molecule has 0 saturated heterocycles. The molecular formula is C17H19ClN2. The zero-order valence-corrected chi connectivity index (χ0v) is 12.1. The van der Waals surface area contributed by atoms with Crippen LogP contribution in [0.1, 0.15) is 11.1 Å². The molecule has 2 aromatic carbocycles. The topological polar surface area (TPSA) is 27.8 Å². The third-order valence-corrected chi connectivity index (χ3v) is 3.38. The van der Waals surface area contributed by atoms with Crippen LogP contribution < -0.4 is 5.32 Å². The molecule has 0 spiro atoms. The molecule has 104 valence electrons. The van der Waals surface area contributed by atoms with Gasteiger partial charge in [-0.15, -0.1) is 12.4 Å². The van der Waals surface area contributed by atoms with Gasteiger partial charge in [0.1, 0.15) is 0 Å². The average molecular weight is 287 g/mol. The first kappa shape index (κ1) is 14.6. The van der Waals surface area contributed by atoms with Gasteiger partial charge in [0.15, 0.2) is 0 Å². The normalized spacial score (nSPS) is 10.4. The van der Waals surface area contributed by atoms with Crippen molar-refractivity contribution in [1.82, 2.24) is 10.3 Å². The Morgan fingerprint density at radius 3 is 2.60 bits per heavy atom. The van der Waals surface area contributed by atoms with E-state index in [1.807, 2.05) is 6.20 Å². The van der Waals surface area contributed by atoms with Gasteiger partial charge in [0.05, 0.1) is 0 Å². The van der Waals surface area contributed by atoms with Crippen molar-refractivity contribution in [1.29, 1.82) is 0 Å². The van der Waals surface area contributed by atoms with Crippen LogP contribution in [0.2, 0.25) is 0 Å². The lowest BCUT2D eigenvalue weighted by Gasteiger charge is -2.05. The highest BCUT2D eigenvalue weighted by atomic mass is 35.5. The van der Waals surface area contributed by atoms with Crippen molar-refractivity contribution in [3.63, 3.8) is 0 Å². The minimum absolute atomic E-state index is 0. The summed E-state index contributed by atoms with van der Waals surface area (Å²) in [5.74, 6) is 0. The van der Waals surface area contributed by atoms with Gasteiger partial charge in [0.25, 0.3) is 0 Å². The molecule has 0 bridgehead atoms. The molecule has 0 amide bonds. The van der Waals surface area contributed by atoms with Gasteiger partial charge in [-0.1, -0.05) is 36.4 Å². The van der Waals surface area contributed by atoms with Crippen LogP contribution in [0, 0.1) is 0 Å². The van der Waals surface area contributed by atoms with Crippen molar-refractivity contribution in [2.45, 2.75) is 13.0 Å². The summed E-state index contributed by atoms with van der Waals surface area (Å²) in [5.41, 5.74) is 3.92. The second-order valence-corrected chi connectivity index (χ2v) is 4.81. The number of aromatic nitrogens is 1. The number of benzene rings is 2. The Hall–Kier alpha value is -1.77. The molecule has 20 heavy (non-hydrogen) atoms. The van der Waals surface area contributed by atoms with Crippen molar-refractivity contribution in [3.8, 4) is 0 Å². The number of rotatable bonds is 5. The first-order chi connectivity index (χ1) is 9.42. The van der Waals surface area contributed by atoms with Crippen LogP contribution in [0.15, 0.2) is 60.8 Å². The van der Waals surface area contributed by atoms with E-state index in [1.165, 1.54) is 22.0 Å². The molecule has 2 nitrogen and oxygen atoms in total. The molecule has 0 fully saturated rings. The fraction of sp³-hybridized carbons (Fsp3) is 0.176. The van der Waals surface area contributed by atoms with Gasteiger partial charge >= 0.3 is 0 Å². The average Bonchev–Trinajstić information content (AvgIpc) is 2.92. The number of fused-ring (bicyclic) bond motifs is 1. The maximum absolute atomic E-state index is 3.50. The fourth-order valence-corrected chi connectivity index (χ4v) is 2.32. The lowest BCUT2D eigenvalue weighted by atomic mass is 10.1. The Labute approximate surface area is 125 Å². The number of aromatic amines is 1. The molecule has 0 aliphatic heterocycles. The van der Waals surface area contributed by atoms with E-state index in [4.69, 9.17) is 0 Å². The summed E-state index contributed by atoms with van der Waals surface area (Å²) < 4.78 is 0. The summed E-state index contributed by atoms with van der Waals surface area (Å²) >= 11 is 0. The number of halogens is 1. The number of hydrogen-bond acceptors (Lipinski definition) is 1. The smallest absolute Gasteiger partial charge is 0.0454 e. The van der Waals surface area contributed by atoms with E-state index in [1.54, 1.807) is 0 Å². The standard InChI is InChI=1S/C17H18N2.ClH/c1-2-4-14(5-3-1)8-10-18-13-15-6-7-17-16(12-15)9-11-19-17;/h1-7,9,11-12,18-19H,8,10,13H2;1H. The molecule has 3 rings (SSSR count). The van der Waals surface area contributed by atoms with E-state index in [0.717, 1.165) is 19.5 Å². The number of nitrogens with one attached hydrogen (secondary N) is 2. The molecule has 0 aliphatic rings. The molecule has 0 aliphatic carbocycles. The van der Waals surface area contributed by atoms with Crippen LogP contribution in [0.4, 0.5) is 0 Å². The summed E-state index contributed by atoms with van der Waals surface area (Å²) in [4.78, 5) is 3.22. The summed E-state index contributed by atoms with van der Waals surface area (Å²) in [7, 11) is 0. The second-order valence-electron chi connectivity index (χ2n) is 4.81. The van der Waals surface area contributed by atoms with Crippen molar-refractivity contribution >= 4 is 23.3 Å². The first-order valence-corrected chi connectivity index (χ1v) is 6.72. The Kier molecular flexibility index (Phi) is 5.22. The van der Waals surface area contributed by atoms with Crippen LogP contribution in [-0.4, -0.2) is 11.5 Å². The zero-order valence-electron chi connectivity index (χ0n) is 11.3. The van der Waals surface area contributed by atoms with Gasteiger partial charge in [-0.2, -0.15) is 0 Å². The van der Waals surface area contributed by atoms with E-state index in [9.17, 15) is 0 Å². The summed E-state index contributed by atoms with van der Waals surface area (Å²) in [5, 5.41) is 4.78. The van der Waals surface area contributed by atoms with E-state index in [0.29, 0.717) is 0 Å². The predicted molar refractivity (Wildman–Crippen MR) is 87.4 cm³/mol. The minimum Gasteiger partial charge on any atom is -0.361 e. The van der Waals surface area contributed by atoms with Gasteiger partial charge in [0, 0.05) is 18.3 Å². The van der Waals surface area contributed by atoms with Crippen molar-refractivity contribution < 1.29 is 0 Å². The van der Waals surface area contributed by atoms with Crippen LogP contribution in [-0.2, 0) is 13.0 Å². The molecule has 1 heterocycles. The van der Waals surface area contributed by atoms with E-state index in [2.05, 4.69) is 64.9 Å². The molecule has 0 unspecified atom stereocenters. The van der Waals surface area contributed by atoms with E-state index in [-0.39, 0.29) is 12.4 Å². The van der Waals surface area contributed by atoms with Gasteiger partial charge in [-0.3, -0.25) is 0 Å². The molecule has 1 aromatic heterocycles. The van der Waals surface area contributed by atoms with Crippen molar-refractivity contribution in [2.75, 3.05) is 6.54 Å². The minimum atomic E-state index is 0. The molecule has 2 N–H and O–H groups in total. The third-order valence-electron chi connectivity index (χ3n) is 3.38. The molecule has 0 radical (unpaired) electrons. The Morgan fingerprint density at radius 1 is 0.900 bits per heavy atom. The van der Waals surface area contributed by atoms with E-state index < -0.39 is 0 Å². The monoisotopic (exact) mass is 286 g/mol. The highest BCUT2D eigenvalue weighted by Gasteiger charge is 1.97. The van der Waals surface area contributed by atoms with Gasteiger partial charge < -0.3 is 10.3 Å². The number of H-pyrrole nitrogens is 1. The Bertz CT molecular complexity index is 646. The van der Waals surface area contributed by atoms with Crippen molar-refractivity contribution in [3.05, 3.63) is 71.9 Å². The second kappa shape index (κ2) is 7.13. The molecule has 0 saturated carbocycles. The maximum atomic E-state index is 3.50. The highest BCUT2D eigenvalue weighted by molar-refractivity contribution is 5.85. The van der Waals surface area contributed by atoms with Gasteiger partial charge in [-0.25, -0.2) is 0 Å². The summed E-state index contributed by atoms with van der Waals surface area (Å²) in [6.07, 6.45) is 3.06. The Balaban J connectivity index is 0.00000147. The van der Waals surface area contributed by atoms with Crippen LogP contribution in [0.5, 0.6) is 0 Å². The van der Waals surface area contributed by atoms with Crippen LogP contribution in [0.3, 0.4) is 0 Å². The van der Waals surface area contributed by atoms with E-state index >= 15 is 0 Å². The molecule has 0 atom stereocenters. The first-order valence-electron chi connectivity index (χ1n) is 6.72. The van der Waals surface area contributed by atoms with Crippen LogP contribution >= 0.6 is 12.4 Å². The quantitative estimate of drug-likeness (QED) is 0.684. The zero-order chi connectivity index (χ0) is 12.9. The Morgan fingerprint density at radius 2 is 1.75 bits per heavy atom.